The maximum atomic E-state index is 12.5. The Balaban J connectivity index is 1.55. The molecule has 1 fully saturated rings. The highest BCUT2D eigenvalue weighted by Crippen LogP contribution is 2.28. The van der Waals surface area contributed by atoms with Crippen LogP contribution in [0.3, 0.4) is 0 Å². The second-order valence-electron chi connectivity index (χ2n) is 9.10. The van der Waals surface area contributed by atoms with Crippen LogP contribution in [0.1, 0.15) is 58.6 Å². The summed E-state index contributed by atoms with van der Waals surface area (Å²) < 4.78 is 12.7. The van der Waals surface area contributed by atoms with Crippen molar-refractivity contribution in [2.75, 3.05) is 26.7 Å². The Morgan fingerprint density at radius 1 is 1.32 bits per heavy atom. The van der Waals surface area contributed by atoms with Crippen molar-refractivity contribution in [2.45, 2.75) is 84.2 Å². The number of carbonyl (C=O) groups is 1. The van der Waals surface area contributed by atoms with Crippen LogP contribution in [-0.2, 0) is 29.0 Å². The van der Waals surface area contributed by atoms with Gasteiger partial charge in [0, 0.05) is 38.7 Å². The molecule has 3 rings (SSSR count). The third-order valence-corrected chi connectivity index (χ3v) is 5.09. The number of methoxy groups -OCH3 is 1. The first-order valence-electron chi connectivity index (χ1n) is 11.2. The molecule has 10 nitrogen and oxygen atoms in total. The van der Waals surface area contributed by atoms with Crippen molar-refractivity contribution >= 4 is 12.1 Å². The molecule has 1 amide bonds. The van der Waals surface area contributed by atoms with E-state index in [0.717, 1.165) is 56.4 Å². The fourth-order valence-corrected chi connectivity index (χ4v) is 3.58. The van der Waals surface area contributed by atoms with E-state index in [9.17, 15) is 4.79 Å². The minimum Gasteiger partial charge on any atom is -0.444 e. The summed E-state index contributed by atoms with van der Waals surface area (Å²) in [4.78, 5) is 23.6. The number of amides is 1. The Hall–Kier alpha value is -2.36. The number of hydrogen-bond donors (Lipinski definition) is 2. The quantitative estimate of drug-likeness (QED) is 0.473. The van der Waals surface area contributed by atoms with Crippen LogP contribution in [0.4, 0.5) is 4.79 Å². The van der Waals surface area contributed by atoms with Gasteiger partial charge in [-0.1, -0.05) is 0 Å². The zero-order valence-corrected chi connectivity index (χ0v) is 19.5. The van der Waals surface area contributed by atoms with Crippen LogP contribution in [0.5, 0.6) is 0 Å². The number of rotatable bonds is 8. The normalized spacial score (nSPS) is 19.0. The monoisotopic (exact) mass is 435 g/mol. The zero-order valence-electron chi connectivity index (χ0n) is 19.5. The Kier molecular flexibility index (Phi) is 7.74. The van der Waals surface area contributed by atoms with Crippen LogP contribution in [-0.4, -0.2) is 76.1 Å². The molecule has 0 radical (unpaired) electrons. The number of fused-ring (bicyclic) bond motifs is 1. The first kappa shape index (κ1) is 23.3. The fraction of sp³-hybridized carbons (Fsp3) is 0.810. The standard InChI is InChI=1S/C21H37N7O3/c1-6-22-19(23-11-12-27(16-8-9-16)20(29)31-21(2,3)4)24-15-7-10-18-25-17(14-30-5)26-28(18)13-15/h15-16H,6-14H2,1-5H3,(H2,22,23,24). The van der Waals surface area contributed by atoms with Crippen LogP contribution >= 0.6 is 0 Å². The molecule has 2 aliphatic rings. The van der Waals surface area contributed by atoms with Crippen LogP contribution in [0.15, 0.2) is 4.99 Å². The minimum absolute atomic E-state index is 0.216. The molecular weight excluding hydrogens is 398 g/mol. The van der Waals surface area contributed by atoms with Crippen LogP contribution < -0.4 is 10.6 Å². The molecule has 31 heavy (non-hydrogen) atoms. The van der Waals surface area contributed by atoms with Crippen LogP contribution in [0.2, 0.25) is 0 Å². The van der Waals surface area contributed by atoms with E-state index >= 15 is 0 Å². The van der Waals surface area contributed by atoms with Crippen LogP contribution in [0, 0.1) is 0 Å². The summed E-state index contributed by atoms with van der Waals surface area (Å²) in [6.07, 6.45) is 3.65. The van der Waals surface area contributed by atoms with Gasteiger partial charge in [0.05, 0.1) is 13.1 Å². The summed E-state index contributed by atoms with van der Waals surface area (Å²) in [6, 6.07) is 0.499. The SMILES string of the molecule is CCNC(=NCCN(C(=O)OC(C)(C)C)C1CC1)NC1CCc2nc(COC)nn2C1. The van der Waals surface area contributed by atoms with Gasteiger partial charge in [-0.3, -0.25) is 4.99 Å². The van der Waals surface area contributed by atoms with Gasteiger partial charge in [-0.25, -0.2) is 14.5 Å². The summed E-state index contributed by atoms with van der Waals surface area (Å²) in [5, 5.41) is 11.3. The molecular formula is C21H37N7O3. The molecule has 1 saturated carbocycles. The van der Waals surface area contributed by atoms with Gasteiger partial charge in [-0.2, -0.15) is 5.10 Å². The maximum absolute atomic E-state index is 12.5. The summed E-state index contributed by atoms with van der Waals surface area (Å²) in [6.45, 7) is 10.7. The molecule has 0 bridgehead atoms. The van der Waals surface area contributed by atoms with E-state index in [1.807, 2.05) is 37.3 Å². The van der Waals surface area contributed by atoms with Crippen molar-refractivity contribution in [3.63, 3.8) is 0 Å². The van der Waals surface area contributed by atoms with Gasteiger partial charge in [0.15, 0.2) is 11.8 Å². The van der Waals surface area contributed by atoms with Gasteiger partial charge < -0.3 is 25.0 Å². The number of aromatic nitrogens is 3. The van der Waals surface area contributed by atoms with Crippen molar-refractivity contribution < 1.29 is 14.3 Å². The van der Waals surface area contributed by atoms with Crippen LogP contribution in [0.25, 0.3) is 0 Å². The predicted molar refractivity (Wildman–Crippen MR) is 118 cm³/mol. The average Bonchev–Trinajstić information content (AvgIpc) is 3.43. The summed E-state index contributed by atoms with van der Waals surface area (Å²) in [5.41, 5.74) is -0.492. The number of aliphatic imine (C=N–C) groups is 1. The number of aryl methyl sites for hydroxylation is 1. The molecule has 0 spiro atoms. The molecule has 1 unspecified atom stereocenters. The van der Waals surface area contributed by atoms with Gasteiger partial charge >= 0.3 is 6.09 Å². The first-order chi connectivity index (χ1) is 14.8. The molecule has 2 N–H and O–H groups in total. The van der Waals surface area contributed by atoms with Gasteiger partial charge in [0.2, 0.25) is 0 Å². The Morgan fingerprint density at radius 3 is 2.74 bits per heavy atom. The van der Waals surface area contributed by atoms with Crippen molar-refractivity contribution in [1.82, 2.24) is 30.3 Å². The number of nitrogens with zero attached hydrogens (tertiary/aromatic N) is 5. The molecule has 2 heterocycles. The first-order valence-corrected chi connectivity index (χ1v) is 11.2. The van der Waals surface area contributed by atoms with E-state index in [-0.39, 0.29) is 18.2 Å². The largest absolute Gasteiger partial charge is 0.444 e. The van der Waals surface area contributed by atoms with Gasteiger partial charge in [0.1, 0.15) is 18.0 Å². The Bertz CT molecular complexity index is 768. The second kappa shape index (κ2) is 10.3. The molecule has 0 aromatic carbocycles. The molecule has 0 saturated heterocycles. The molecule has 174 valence electrons. The lowest BCUT2D eigenvalue weighted by Crippen LogP contribution is -2.47. The predicted octanol–water partition coefficient (Wildman–Crippen LogP) is 1.69. The lowest BCUT2D eigenvalue weighted by molar-refractivity contribution is 0.0240. The highest BCUT2D eigenvalue weighted by molar-refractivity contribution is 5.80. The third kappa shape index (κ3) is 7.09. The number of guanidine groups is 1. The highest BCUT2D eigenvalue weighted by Gasteiger charge is 2.34. The van der Waals surface area contributed by atoms with E-state index in [0.29, 0.717) is 19.7 Å². The molecule has 1 atom stereocenters. The summed E-state index contributed by atoms with van der Waals surface area (Å²) in [7, 11) is 1.65. The number of ether oxygens (including phenoxy) is 2. The van der Waals surface area contributed by atoms with Crippen molar-refractivity contribution in [3.05, 3.63) is 11.6 Å². The Morgan fingerprint density at radius 2 is 2.10 bits per heavy atom. The lowest BCUT2D eigenvalue weighted by atomic mass is 10.1. The smallest absolute Gasteiger partial charge is 0.410 e. The van der Waals surface area contributed by atoms with E-state index in [1.165, 1.54) is 0 Å². The van der Waals surface area contributed by atoms with Crippen molar-refractivity contribution in [2.24, 2.45) is 4.99 Å². The maximum Gasteiger partial charge on any atom is 0.410 e. The molecule has 10 heteroatoms. The highest BCUT2D eigenvalue weighted by atomic mass is 16.6. The molecule has 1 aromatic rings. The number of hydrogen-bond acceptors (Lipinski definition) is 6. The Labute approximate surface area is 184 Å². The summed E-state index contributed by atoms with van der Waals surface area (Å²) >= 11 is 0. The minimum atomic E-state index is -0.492. The molecule has 1 aliphatic heterocycles. The van der Waals surface area contributed by atoms with E-state index < -0.39 is 5.60 Å². The van der Waals surface area contributed by atoms with Gasteiger partial charge in [-0.05, 0) is 47.0 Å². The molecule has 1 aliphatic carbocycles. The topological polar surface area (TPSA) is 106 Å². The average molecular weight is 436 g/mol. The van der Waals surface area contributed by atoms with Crippen molar-refractivity contribution in [1.29, 1.82) is 0 Å². The number of nitrogens with one attached hydrogen (secondary N) is 2. The lowest BCUT2D eigenvalue weighted by Gasteiger charge is -2.27. The van der Waals surface area contributed by atoms with Gasteiger partial charge in [-0.15, -0.1) is 0 Å². The van der Waals surface area contributed by atoms with Gasteiger partial charge in [0.25, 0.3) is 0 Å². The van der Waals surface area contributed by atoms with E-state index in [2.05, 4.69) is 20.7 Å². The second-order valence-corrected chi connectivity index (χ2v) is 9.10. The van der Waals surface area contributed by atoms with E-state index in [4.69, 9.17) is 14.5 Å². The number of carbonyl (C=O) groups excluding carboxylic acids is 1. The molecule has 1 aromatic heterocycles. The zero-order chi connectivity index (χ0) is 22.4. The third-order valence-electron chi connectivity index (χ3n) is 5.09. The summed E-state index contributed by atoms with van der Waals surface area (Å²) in [5.74, 6) is 2.48. The van der Waals surface area contributed by atoms with E-state index in [1.54, 1.807) is 7.11 Å². The van der Waals surface area contributed by atoms with Crippen molar-refractivity contribution in [3.8, 4) is 0 Å². The fourth-order valence-electron chi connectivity index (χ4n) is 3.58.